The van der Waals surface area contributed by atoms with Crippen molar-refractivity contribution >= 4 is 42.8 Å². The van der Waals surface area contributed by atoms with Gasteiger partial charge in [-0.25, -0.2) is 9.36 Å². The van der Waals surface area contributed by atoms with Crippen LogP contribution in [0.2, 0.25) is 0 Å². The maximum absolute atomic E-state index is 12.6. The lowest BCUT2D eigenvalue weighted by molar-refractivity contribution is 0.502. The number of hydrogen-bond donors (Lipinski definition) is 0. The van der Waals surface area contributed by atoms with Crippen molar-refractivity contribution in [3.63, 3.8) is 0 Å². The van der Waals surface area contributed by atoms with Crippen LogP contribution in [0.25, 0.3) is 16.7 Å². The minimum Gasteiger partial charge on any atom is -0.408 e. The van der Waals surface area contributed by atoms with Crippen molar-refractivity contribution in [2.75, 3.05) is 0 Å². The first-order valence-electron chi connectivity index (χ1n) is 6.09. The Bertz CT molecular complexity index is 956. The molecule has 0 aliphatic heterocycles. The summed E-state index contributed by atoms with van der Waals surface area (Å²) < 4.78 is 7.59. The number of fused-ring (bicyclic) bond motifs is 1. The first kappa shape index (κ1) is 14.3. The molecule has 1 heterocycles. The third-order valence-corrected chi connectivity index (χ3v) is 4.15. The van der Waals surface area contributed by atoms with Crippen LogP contribution in [-0.2, 0) is 0 Å². The Morgan fingerprint density at radius 2 is 1.71 bits per heavy atom. The molecule has 3 rings (SSSR count). The average Bonchev–Trinajstić information content (AvgIpc) is 2.42. The van der Waals surface area contributed by atoms with E-state index in [-0.39, 0.29) is 5.58 Å². The number of hydrogen-bond acceptors (Lipinski definition) is 3. The molecule has 0 aliphatic rings. The molecule has 3 aromatic rings. The van der Waals surface area contributed by atoms with Crippen molar-refractivity contribution in [2.45, 2.75) is 6.92 Å². The molecule has 0 saturated heterocycles. The van der Waals surface area contributed by atoms with Gasteiger partial charge in [0.05, 0.1) is 15.5 Å². The molecule has 4 nitrogen and oxygen atoms in total. The quantitative estimate of drug-likeness (QED) is 0.613. The Hall–Kier alpha value is -1.66. The Morgan fingerprint density at radius 3 is 2.38 bits per heavy atom. The van der Waals surface area contributed by atoms with Crippen LogP contribution in [-0.4, -0.2) is 4.57 Å². The normalized spacial score (nSPS) is 11.0. The van der Waals surface area contributed by atoms with Gasteiger partial charge in [0.2, 0.25) is 0 Å². The minimum atomic E-state index is -0.709. The van der Waals surface area contributed by atoms with E-state index in [1.54, 1.807) is 24.3 Å². The average molecular weight is 411 g/mol. The van der Waals surface area contributed by atoms with Crippen LogP contribution >= 0.6 is 31.9 Å². The van der Waals surface area contributed by atoms with Crippen molar-refractivity contribution in [1.29, 1.82) is 0 Å². The maximum atomic E-state index is 12.6. The summed E-state index contributed by atoms with van der Waals surface area (Å²) in [5, 5.41) is 0.330. The molecule has 106 valence electrons. The molecule has 6 heteroatoms. The molecule has 0 atom stereocenters. The molecule has 1 aromatic heterocycles. The Balaban J connectivity index is 2.42. The molecular formula is C15H9Br2NO3. The zero-order valence-electron chi connectivity index (χ0n) is 10.9. The van der Waals surface area contributed by atoms with Crippen LogP contribution in [0.4, 0.5) is 0 Å². The molecule has 0 N–H and O–H groups in total. The second-order valence-corrected chi connectivity index (χ2v) is 6.38. The highest BCUT2D eigenvalue weighted by Crippen LogP contribution is 2.25. The third kappa shape index (κ3) is 2.49. The van der Waals surface area contributed by atoms with E-state index in [9.17, 15) is 9.59 Å². The standard InChI is InChI=1S/C15H9Br2NO3/c1-8-2-4-10(5-3-8)18-14(19)11-6-9(16)7-12(17)13(11)21-15(18)20/h2-7H,1H3. The highest BCUT2D eigenvalue weighted by atomic mass is 79.9. The molecule has 0 bridgehead atoms. The monoisotopic (exact) mass is 409 g/mol. The lowest BCUT2D eigenvalue weighted by Crippen LogP contribution is -2.31. The number of aromatic nitrogens is 1. The third-order valence-electron chi connectivity index (χ3n) is 3.11. The van der Waals surface area contributed by atoms with Crippen LogP contribution in [0.3, 0.4) is 0 Å². The van der Waals surface area contributed by atoms with Gasteiger partial charge in [-0.3, -0.25) is 4.79 Å². The summed E-state index contributed by atoms with van der Waals surface area (Å²) >= 11 is 6.62. The molecule has 0 radical (unpaired) electrons. The van der Waals surface area contributed by atoms with Crippen LogP contribution < -0.4 is 11.3 Å². The van der Waals surface area contributed by atoms with Crippen LogP contribution in [0, 0.1) is 6.92 Å². The van der Waals surface area contributed by atoms with Crippen molar-refractivity contribution in [2.24, 2.45) is 0 Å². The molecule has 0 saturated carbocycles. The zero-order valence-corrected chi connectivity index (χ0v) is 14.1. The van der Waals surface area contributed by atoms with Gasteiger partial charge in [0.1, 0.15) is 0 Å². The van der Waals surface area contributed by atoms with Crippen LogP contribution in [0.1, 0.15) is 5.56 Å². The first-order chi connectivity index (χ1) is 9.97. The van der Waals surface area contributed by atoms with Gasteiger partial charge in [-0.1, -0.05) is 33.6 Å². The van der Waals surface area contributed by atoms with E-state index in [0.29, 0.717) is 15.5 Å². The summed E-state index contributed by atoms with van der Waals surface area (Å²) in [6.45, 7) is 1.93. The Morgan fingerprint density at radius 1 is 1.05 bits per heavy atom. The fourth-order valence-corrected chi connectivity index (χ4v) is 3.38. The van der Waals surface area contributed by atoms with E-state index < -0.39 is 11.3 Å². The minimum absolute atomic E-state index is 0.247. The van der Waals surface area contributed by atoms with E-state index in [0.717, 1.165) is 14.6 Å². The van der Waals surface area contributed by atoms with E-state index in [4.69, 9.17) is 4.42 Å². The fourth-order valence-electron chi connectivity index (χ4n) is 2.08. The number of aryl methyl sites for hydroxylation is 1. The van der Waals surface area contributed by atoms with Crippen LogP contribution in [0.5, 0.6) is 0 Å². The molecule has 21 heavy (non-hydrogen) atoms. The number of rotatable bonds is 1. The predicted octanol–water partition coefficient (Wildman–Crippen LogP) is 3.78. The summed E-state index contributed by atoms with van der Waals surface area (Å²) in [5.41, 5.74) is 1.36. The number of benzene rings is 2. The van der Waals surface area contributed by atoms with Gasteiger partial charge < -0.3 is 4.42 Å². The van der Waals surface area contributed by atoms with E-state index >= 15 is 0 Å². The Labute approximate surface area is 136 Å². The van der Waals surface area contributed by atoms with Gasteiger partial charge in [-0.2, -0.15) is 0 Å². The van der Waals surface area contributed by atoms with Gasteiger partial charge in [0, 0.05) is 4.47 Å². The molecule has 0 fully saturated rings. The zero-order chi connectivity index (χ0) is 15.1. The predicted molar refractivity (Wildman–Crippen MR) is 88.2 cm³/mol. The molecule has 0 aliphatic carbocycles. The van der Waals surface area contributed by atoms with Crippen molar-refractivity contribution in [1.82, 2.24) is 4.57 Å². The number of halogens is 2. The Kier molecular flexibility index (Phi) is 3.59. The highest BCUT2D eigenvalue weighted by Gasteiger charge is 2.14. The highest BCUT2D eigenvalue weighted by molar-refractivity contribution is 9.11. The summed E-state index contributed by atoms with van der Waals surface area (Å²) in [5.74, 6) is -0.709. The first-order valence-corrected chi connectivity index (χ1v) is 7.68. The lowest BCUT2D eigenvalue weighted by atomic mass is 10.2. The van der Waals surface area contributed by atoms with Crippen molar-refractivity contribution in [3.8, 4) is 5.69 Å². The summed E-state index contributed by atoms with van der Waals surface area (Å²) in [4.78, 5) is 24.7. The smallest absolute Gasteiger partial charge is 0.408 e. The van der Waals surface area contributed by atoms with E-state index in [1.165, 1.54) is 0 Å². The summed E-state index contributed by atoms with van der Waals surface area (Å²) in [7, 11) is 0. The molecule has 0 amide bonds. The fraction of sp³-hybridized carbons (Fsp3) is 0.0667. The van der Waals surface area contributed by atoms with E-state index in [2.05, 4.69) is 31.9 Å². The second-order valence-electron chi connectivity index (χ2n) is 4.61. The number of nitrogens with zero attached hydrogens (tertiary/aromatic N) is 1. The second kappa shape index (κ2) is 5.27. The topological polar surface area (TPSA) is 52.2 Å². The lowest BCUT2D eigenvalue weighted by Gasteiger charge is -2.07. The molecular weight excluding hydrogens is 402 g/mol. The van der Waals surface area contributed by atoms with Gasteiger partial charge >= 0.3 is 5.76 Å². The van der Waals surface area contributed by atoms with E-state index in [1.807, 2.05) is 19.1 Å². The van der Waals surface area contributed by atoms with Gasteiger partial charge in [0.15, 0.2) is 5.58 Å². The van der Waals surface area contributed by atoms with Crippen LogP contribution in [0.15, 0.2) is 59.3 Å². The molecule has 0 unspecified atom stereocenters. The largest absolute Gasteiger partial charge is 0.427 e. The molecule has 2 aromatic carbocycles. The SMILES string of the molecule is Cc1ccc(-n2c(=O)oc3c(Br)cc(Br)cc3c2=O)cc1. The van der Waals surface area contributed by atoms with Gasteiger partial charge in [-0.15, -0.1) is 0 Å². The summed E-state index contributed by atoms with van der Waals surface area (Å²) in [6.07, 6.45) is 0. The maximum Gasteiger partial charge on any atom is 0.427 e. The summed E-state index contributed by atoms with van der Waals surface area (Å²) in [6, 6.07) is 10.5. The van der Waals surface area contributed by atoms with Gasteiger partial charge in [0.25, 0.3) is 5.56 Å². The van der Waals surface area contributed by atoms with Crippen molar-refractivity contribution in [3.05, 3.63) is 71.8 Å². The van der Waals surface area contributed by atoms with Gasteiger partial charge in [-0.05, 0) is 47.1 Å². The molecule has 0 spiro atoms. The van der Waals surface area contributed by atoms with Crippen molar-refractivity contribution < 1.29 is 4.42 Å².